The zero-order valence-corrected chi connectivity index (χ0v) is 11.4. The van der Waals surface area contributed by atoms with Crippen molar-refractivity contribution in [1.82, 2.24) is 10.1 Å². The molecule has 1 atom stereocenters. The summed E-state index contributed by atoms with van der Waals surface area (Å²) >= 11 is 0. The molecule has 1 saturated heterocycles. The number of aliphatic hydroxyl groups excluding tert-OH is 1. The van der Waals surface area contributed by atoms with Crippen LogP contribution in [0.2, 0.25) is 0 Å². The number of β-amino-alcohol motifs (C(OH)–C–C–N with tert-alkyl or cyclic N) is 1. The molecule has 0 saturated carbocycles. The van der Waals surface area contributed by atoms with Crippen LogP contribution in [0.15, 0.2) is 41.1 Å². The highest BCUT2D eigenvalue weighted by Gasteiger charge is 2.26. The van der Waals surface area contributed by atoms with Crippen molar-refractivity contribution in [2.24, 2.45) is 0 Å². The molecular weight excluding hydrogens is 272 g/mol. The normalized spacial score (nSPS) is 19.3. The third-order valence-corrected chi connectivity index (χ3v) is 3.37. The summed E-state index contributed by atoms with van der Waals surface area (Å²) in [5, 5.41) is 13.5. The van der Waals surface area contributed by atoms with Crippen molar-refractivity contribution < 1.29 is 19.2 Å². The Balaban J connectivity index is 1.87. The smallest absolute Gasteiger partial charge is 0.259 e. The number of aromatic nitrogens is 1. The Bertz CT molecular complexity index is 611. The number of rotatable bonds is 2. The molecule has 6 nitrogen and oxygen atoms in total. The number of carbonyl (C=O) groups is 1. The van der Waals surface area contributed by atoms with Gasteiger partial charge in [0.1, 0.15) is 5.56 Å². The van der Waals surface area contributed by atoms with Crippen molar-refractivity contribution in [3.63, 3.8) is 0 Å². The van der Waals surface area contributed by atoms with E-state index < -0.39 is 6.10 Å². The van der Waals surface area contributed by atoms with Gasteiger partial charge in [-0.1, -0.05) is 35.5 Å². The van der Waals surface area contributed by atoms with Crippen LogP contribution in [-0.4, -0.2) is 53.5 Å². The Morgan fingerprint density at radius 3 is 2.95 bits per heavy atom. The second kappa shape index (κ2) is 6.07. The van der Waals surface area contributed by atoms with Crippen LogP contribution in [-0.2, 0) is 4.74 Å². The van der Waals surface area contributed by atoms with E-state index in [4.69, 9.17) is 9.26 Å². The van der Waals surface area contributed by atoms with Crippen molar-refractivity contribution in [3.8, 4) is 11.3 Å². The average molecular weight is 288 g/mol. The summed E-state index contributed by atoms with van der Waals surface area (Å²) in [6.45, 7) is 1.35. The highest BCUT2D eigenvalue weighted by Crippen LogP contribution is 2.24. The Hall–Kier alpha value is -2.18. The molecule has 0 aliphatic carbocycles. The molecule has 1 fully saturated rings. The first-order valence-corrected chi connectivity index (χ1v) is 6.81. The quantitative estimate of drug-likeness (QED) is 0.898. The van der Waals surface area contributed by atoms with Gasteiger partial charge in [0.05, 0.1) is 25.5 Å². The molecule has 1 aliphatic heterocycles. The lowest BCUT2D eigenvalue weighted by Gasteiger charge is -2.20. The van der Waals surface area contributed by atoms with Crippen LogP contribution in [0.1, 0.15) is 10.4 Å². The highest BCUT2D eigenvalue weighted by atomic mass is 16.5. The van der Waals surface area contributed by atoms with E-state index in [2.05, 4.69) is 5.16 Å². The fraction of sp³-hybridized carbons (Fsp3) is 0.333. The molecule has 110 valence electrons. The molecule has 1 aromatic heterocycles. The molecule has 0 bridgehead atoms. The highest BCUT2D eigenvalue weighted by molar-refractivity contribution is 5.99. The minimum Gasteiger partial charge on any atom is -0.389 e. The van der Waals surface area contributed by atoms with Crippen LogP contribution in [0.4, 0.5) is 0 Å². The van der Waals surface area contributed by atoms with Gasteiger partial charge in [0.25, 0.3) is 5.91 Å². The lowest BCUT2D eigenvalue weighted by Crippen LogP contribution is -2.37. The number of amides is 1. The fourth-order valence-corrected chi connectivity index (χ4v) is 2.34. The van der Waals surface area contributed by atoms with Gasteiger partial charge in [-0.3, -0.25) is 4.79 Å². The van der Waals surface area contributed by atoms with E-state index >= 15 is 0 Å². The molecular formula is C15H16N2O4. The van der Waals surface area contributed by atoms with Crippen LogP contribution in [0.5, 0.6) is 0 Å². The van der Waals surface area contributed by atoms with Gasteiger partial charge >= 0.3 is 0 Å². The van der Waals surface area contributed by atoms with E-state index in [0.717, 1.165) is 5.56 Å². The van der Waals surface area contributed by atoms with Crippen LogP contribution >= 0.6 is 0 Å². The maximum absolute atomic E-state index is 12.6. The van der Waals surface area contributed by atoms with Gasteiger partial charge in [-0.15, -0.1) is 0 Å². The number of nitrogens with zero attached hydrogens (tertiary/aromatic N) is 2. The second-order valence-corrected chi connectivity index (χ2v) is 4.91. The van der Waals surface area contributed by atoms with Crippen molar-refractivity contribution in [3.05, 3.63) is 42.1 Å². The summed E-state index contributed by atoms with van der Waals surface area (Å²) in [6, 6.07) is 9.35. The SMILES string of the molecule is O=C(c1cnoc1-c1ccccc1)N1CCOC[C@@H](O)C1. The largest absolute Gasteiger partial charge is 0.389 e. The molecule has 0 radical (unpaired) electrons. The van der Waals surface area contributed by atoms with Crippen molar-refractivity contribution in [1.29, 1.82) is 0 Å². The Morgan fingerprint density at radius 2 is 2.14 bits per heavy atom. The first-order chi connectivity index (χ1) is 10.3. The number of aliphatic hydroxyl groups is 1. The zero-order chi connectivity index (χ0) is 14.7. The number of hydrogen-bond acceptors (Lipinski definition) is 5. The van der Waals surface area contributed by atoms with Gasteiger partial charge in [-0.25, -0.2) is 0 Å². The first-order valence-electron chi connectivity index (χ1n) is 6.81. The molecule has 1 aliphatic rings. The summed E-state index contributed by atoms with van der Waals surface area (Å²) in [5.41, 5.74) is 1.19. The van der Waals surface area contributed by atoms with Gasteiger partial charge in [0.2, 0.25) is 0 Å². The molecule has 2 heterocycles. The minimum absolute atomic E-state index is 0.209. The van der Waals surface area contributed by atoms with Crippen LogP contribution < -0.4 is 0 Å². The lowest BCUT2D eigenvalue weighted by molar-refractivity contribution is 0.0534. The van der Waals surface area contributed by atoms with Crippen LogP contribution in [0.25, 0.3) is 11.3 Å². The van der Waals surface area contributed by atoms with Crippen LogP contribution in [0, 0.1) is 0 Å². The second-order valence-electron chi connectivity index (χ2n) is 4.91. The summed E-state index contributed by atoms with van der Waals surface area (Å²) in [5.74, 6) is 0.236. The average Bonchev–Trinajstić information content (AvgIpc) is 2.90. The zero-order valence-electron chi connectivity index (χ0n) is 11.4. The number of benzene rings is 1. The Morgan fingerprint density at radius 1 is 1.33 bits per heavy atom. The summed E-state index contributed by atoms with van der Waals surface area (Å²) in [7, 11) is 0. The molecule has 0 unspecified atom stereocenters. The molecule has 6 heteroatoms. The predicted octanol–water partition coefficient (Wildman–Crippen LogP) is 1.17. The van der Waals surface area contributed by atoms with E-state index in [1.165, 1.54) is 6.20 Å². The Labute approximate surface area is 121 Å². The number of ether oxygens (including phenoxy) is 1. The third-order valence-electron chi connectivity index (χ3n) is 3.37. The van der Waals surface area contributed by atoms with Crippen LogP contribution in [0.3, 0.4) is 0 Å². The van der Waals surface area contributed by atoms with Gasteiger partial charge < -0.3 is 19.3 Å². The van der Waals surface area contributed by atoms with E-state index in [1.807, 2.05) is 30.3 Å². The summed E-state index contributed by atoms with van der Waals surface area (Å²) in [6.07, 6.45) is 0.750. The van der Waals surface area contributed by atoms with Gasteiger partial charge in [-0.2, -0.15) is 0 Å². The molecule has 0 spiro atoms. The molecule has 2 aromatic rings. The van der Waals surface area contributed by atoms with E-state index in [1.54, 1.807) is 4.90 Å². The standard InChI is InChI=1S/C15H16N2O4/c18-12-9-17(6-7-20-10-12)15(19)13-8-16-21-14(13)11-4-2-1-3-5-11/h1-5,8,12,18H,6-7,9-10H2/t12-/m0/s1. The summed E-state index contributed by atoms with van der Waals surface area (Å²) in [4.78, 5) is 14.2. The maximum atomic E-state index is 12.6. The number of hydrogen-bond donors (Lipinski definition) is 1. The lowest BCUT2D eigenvalue weighted by atomic mass is 10.1. The first kappa shape index (κ1) is 13.8. The van der Waals surface area contributed by atoms with E-state index in [9.17, 15) is 9.90 Å². The van der Waals surface area contributed by atoms with Crippen molar-refractivity contribution >= 4 is 5.91 Å². The number of carbonyl (C=O) groups excluding carboxylic acids is 1. The topological polar surface area (TPSA) is 75.8 Å². The molecule has 1 aromatic carbocycles. The van der Waals surface area contributed by atoms with E-state index in [0.29, 0.717) is 24.5 Å². The summed E-state index contributed by atoms with van der Waals surface area (Å²) < 4.78 is 10.5. The van der Waals surface area contributed by atoms with Crippen molar-refractivity contribution in [2.45, 2.75) is 6.10 Å². The maximum Gasteiger partial charge on any atom is 0.259 e. The van der Waals surface area contributed by atoms with Gasteiger partial charge in [0, 0.05) is 18.7 Å². The minimum atomic E-state index is -0.670. The van der Waals surface area contributed by atoms with Gasteiger partial charge in [-0.05, 0) is 0 Å². The monoisotopic (exact) mass is 288 g/mol. The molecule has 1 N–H and O–H groups in total. The van der Waals surface area contributed by atoms with E-state index in [-0.39, 0.29) is 19.1 Å². The molecule has 3 rings (SSSR count). The molecule has 1 amide bonds. The Kier molecular flexibility index (Phi) is 3.98. The fourth-order valence-electron chi connectivity index (χ4n) is 2.34. The molecule has 21 heavy (non-hydrogen) atoms. The predicted molar refractivity (Wildman–Crippen MR) is 74.7 cm³/mol. The third kappa shape index (κ3) is 2.96. The van der Waals surface area contributed by atoms with Gasteiger partial charge in [0.15, 0.2) is 5.76 Å². The van der Waals surface area contributed by atoms with Crippen molar-refractivity contribution in [2.75, 3.05) is 26.3 Å².